The second-order valence-corrected chi connectivity index (χ2v) is 9.32. The number of fused-ring (bicyclic) bond motifs is 1. The van der Waals surface area contributed by atoms with Crippen molar-refractivity contribution >= 4 is 45.8 Å². The number of aromatic nitrogens is 6. The molecule has 4 aromatic heterocycles. The quantitative estimate of drug-likeness (QED) is 0.398. The maximum Gasteiger partial charge on any atom is 0.247 e. The second-order valence-electron chi connectivity index (χ2n) is 8.51. The van der Waals surface area contributed by atoms with E-state index in [9.17, 15) is 9.18 Å². The molecule has 2 fully saturated rings. The van der Waals surface area contributed by atoms with Crippen LogP contribution in [0.25, 0.3) is 5.65 Å². The van der Waals surface area contributed by atoms with Crippen LogP contribution in [-0.2, 0) is 4.79 Å². The predicted molar refractivity (Wildman–Crippen MR) is 123 cm³/mol. The van der Waals surface area contributed by atoms with Crippen LogP contribution in [0, 0.1) is 6.92 Å². The summed E-state index contributed by atoms with van der Waals surface area (Å²) in [5, 5.41) is 14.1. The van der Waals surface area contributed by atoms with Crippen LogP contribution >= 0.6 is 11.5 Å². The highest BCUT2D eigenvalue weighted by atomic mass is 32.1. The zero-order valence-corrected chi connectivity index (χ0v) is 18.6. The Labute approximate surface area is 192 Å². The van der Waals surface area contributed by atoms with Crippen LogP contribution in [0.5, 0.6) is 0 Å². The SMILES string of the molecule is Cc1cc(NC(=O)C2CC(F)CN2c2nc(Nc3cc(C4CC4)[nH]n3)n3cccc3n2)sn1. The van der Waals surface area contributed by atoms with E-state index in [2.05, 4.69) is 35.2 Å². The van der Waals surface area contributed by atoms with Crippen molar-refractivity contribution in [3.05, 3.63) is 41.9 Å². The fraction of sp³-hybridized carbons (Fsp3) is 0.381. The largest absolute Gasteiger partial charge is 0.326 e. The van der Waals surface area contributed by atoms with Crippen LogP contribution < -0.4 is 15.5 Å². The van der Waals surface area contributed by atoms with Crippen molar-refractivity contribution in [2.75, 3.05) is 22.1 Å². The first-order chi connectivity index (χ1) is 16.0. The number of H-pyrrole nitrogens is 1. The molecule has 0 spiro atoms. The topological polar surface area (TPSA) is 116 Å². The van der Waals surface area contributed by atoms with Gasteiger partial charge >= 0.3 is 0 Å². The number of nitrogens with zero attached hydrogens (tertiary/aromatic N) is 6. The van der Waals surface area contributed by atoms with E-state index in [4.69, 9.17) is 0 Å². The third-order valence-corrected chi connectivity index (χ3v) is 6.71. The lowest BCUT2D eigenvalue weighted by Gasteiger charge is -2.23. The van der Waals surface area contributed by atoms with E-state index in [1.54, 1.807) is 15.4 Å². The number of carbonyl (C=O) groups is 1. The van der Waals surface area contributed by atoms with Crippen molar-refractivity contribution in [2.24, 2.45) is 0 Å². The first kappa shape index (κ1) is 20.1. The summed E-state index contributed by atoms with van der Waals surface area (Å²) < 4.78 is 20.5. The van der Waals surface area contributed by atoms with E-state index in [0.717, 1.165) is 11.4 Å². The molecule has 10 nitrogen and oxygen atoms in total. The van der Waals surface area contributed by atoms with Gasteiger partial charge in [-0.3, -0.25) is 14.3 Å². The Bertz CT molecular complexity index is 1330. The molecule has 1 saturated carbocycles. The number of hydrogen-bond donors (Lipinski definition) is 3. The van der Waals surface area contributed by atoms with Gasteiger partial charge in [-0.25, -0.2) is 4.39 Å². The Morgan fingerprint density at radius 3 is 2.97 bits per heavy atom. The molecule has 2 atom stereocenters. The van der Waals surface area contributed by atoms with Gasteiger partial charge < -0.3 is 15.5 Å². The highest BCUT2D eigenvalue weighted by Gasteiger charge is 2.39. The average Bonchev–Trinajstić information content (AvgIpc) is 3.17. The summed E-state index contributed by atoms with van der Waals surface area (Å²) in [5.41, 5.74) is 2.56. The van der Waals surface area contributed by atoms with Crippen molar-refractivity contribution in [1.82, 2.24) is 28.9 Å². The molecule has 0 bridgehead atoms. The Hall–Kier alpha value is -3.54. The molecule has 1 aliphatic carbocycles. The first-order valence-electron chi connectivity index (χ1n) is 10.9. The number of aryl methyl sites for hydroxylation is 1. The third kappa shape index (κ3) is 3.90. The minimum atomic E-state index is -1.15. The lowest BCUT2D eigenvalue weighted by molar-refractivity contribution is -0.117. The molecule has 12 heteroatoms. The van der Waals surface area contributed by atoms with Gasteiger partial charge in [0.1, 0.15) is 22.9 Å². The summed E-state index contributed by atoms with van der Waals surface area (Å²) in [7, 11) is 0. The zero-order chi connectivity index (χ0) is 22.5. The van der Waals surface area contributed by atoms with E-state index in [1.807, 2.05) is 31.3 Å². The Morgan fingerprint density at radius 1 is 1.30 bits per heavy atom. The van der Waals surface area contributed by atoms with Gasteiger partial charge in [0.25, 0.3) is 0 Å². The number of rotatable bonds is 6. The van der Waals surface area contributed by atoms with Crippen molar-refractivity contribution in [3.63, 3.8) is 0 Å². The number of hydrogen-bond acceptors (Lipinski definition) is 8. The molecule has 3 N–H and O–H groups in total. The normalized spacial score (nSPS) is 20.5. The van der Waals surface area contributed by atoms with E-state index in [0.29, 0.717) is 34.3 Å². The van der Waals surface area contributed by atoms with Gasteiger partial charge in [-0.15, -0.1) is 0 Å². The lowest BCUT2D eigenvalue weighted by atomic mass is 10.2. The van der Waals surface area contributed by atoms with Crippen molar-refractivity contribution in [2.45, 2.75) is 44.3 Å². The molecule has 0 radical (unpaired) electrons. The Balaban J connectivity index is 1.30. The minimum Gasteiger partial charge on any atom is -0.326 e. The number of halogens is 1. The first-order valence-corrected chi connectivity index (χ1v) is 11.6. The van der Waals surface area contributed by atoms with E-state index in [-0.39, 0.29) is 18.9 Å². The average molecular weight is 468 g/mol. The highest BCUT2D eigenvalue weighted by molar-refractivity contribution is 7.10. The zero-order valence-electron chi connectivity index (χ0n) is 17.8. The van der Waals surface area contributed by atoms with Gasteiger partial charge in [-0.1, -0.05) is 0 Å². The number of anilines is 4. The number of nitrogens with one attached hydrogen (secondary N) is 3. The minimum absolute atomic E-state index is 0.0460. The molecular weight excluding hydrogens is 445 g/mol. The summed E-state index contributed by atoms with van der Waals surface area (Å²) in [6, 6.07) is 6.75. The molecule has 1 amide bonds. The number of aromatic amines is 1. The molecule has 170 valence electrons. The lowest BCUT2D eigenvalue weighted by Crippen LogP contribution is -2.40. The number of amides is 1. The molecule has 2 aliphatic rings. The Morgan fingerprint density at radius 2 is 2.18 bits per heavy atom. The van der Waals surface area contributed by atoms with Crippen LogP contribution in [0.2, 0.25) is 0 Å². The molecular formula is C21H22FN9OS. The van der Waals surface area contributed by atoms with E-state index in [1.165, 1.54) is 24.4 Å². The van der Waals surface area contributed by atoms with Gasteiger partial charge in [0.2, 0.25) is 17.8 Å². The van der Waals surface area contributed by atoms with Crippen molar-refractivity contribution in [1.29, 1.82) is 0 Å². The van der Waals surface area contributed by atoms with Crippen LogP contribution in [0.15, 0.2) is 30.5 Å². The predicted octanol–water partition coefficient (Wildman–Crippen LogP) is 3.39. The van der Waals surface area contributed by atoms with Crippen LogP contribution in [0.1, 0.15) is 36.6 Å². The smallest absolute Gasteiger partial charge is 0.247 e. The molecule has 2 unspecified atom stereocenters. The fourth-order valence-electron chi connectivity index (χ4n) is 4.13. The molecule has 5 heterocycles. The van der Waals surface area contributed by atoms with Crippen LogP contribution in [0.4, 0.5) is 27.1 Å². The molecule has 0 aromatic carbocycles. The summed E-state index contributed by atoms with van der Waals surface area (Å²) in [6.45, 7) is 1.90. The van der Waals surface area contributed by atoms with Gasteiger partial charge in [0.05, 0.1) is 12.2 Å². The maximum absolute atomic E-state index is 14.5. The summed E-state index contributed by atoms with van der Waals surface area (Å²) in [6.07, 6.45) is 3.11. The summed E-state index contributed by atoms with van der Waals surface area (Å²) in [5.74, 6) is 1.69. The molecule has 33 heavy (non-hydrogen) atoms. The molecule has 6 rings (SSSR count). The maximum atomic E-state index is 14.5. The Kier molecular flexibility index (Phi) is 4.75. The number of alkyl halides is 1. The molecule has 4 aromatic rings. The van der Waals surface area contributed by atoms with Crippen LogP contribution in [-0.4, -0.2) is 53.6 Å². The summed E-state index contributed by atoms with van der Waals surface area (Å²) >= 11 is 1.20. The van der Waals surface area contributed by atoms with Gasteiger partial charge in [-0.2, -0.15) is 19.4 Å². The van der Waals surface area contributed by atoms with Crippen molar-refractivity contribution in [3.8, 4) is 0 Å². The fourth-order valence-corrected chi connectivity index (χ4v) is 4.80. The van der Waals surface area contributed by atoms with Gasteiger partial charge in [0.15, 0.2) is 5.82 Å². The van der Waals surface area contributed by atoms with Gasteiger partial charge in [-0.05, 0) is 49.5 Å². The summed E-state index contributed by atoms with van der Waals surface area (Å²) in [4.78, 5) is 23.9. The number of carbonyl (C=O) groups excluding carboxylic acids is 1. The molecule has 1 aliphatic heterocycles. The van der Waals surface area contributed by atoms with E-state index < -0.39 is 12.2 Å². The molecule has 1 saturated heterocycles. The third-order valence-electron chi connectivity index (χ3n) is 5.91. The highest BCUT2D eigenvalue weighted by Crippen LogP contribution is 2.39. The van der Waals surface area contributed by atoms with E-state index >= 15 is 0 Å². The monoisotopic (exact) mass is 467 g/mol. The van der Waals surface area contributed by atoms with Crippen molar-refractivity contribution < 1.29 is 9.18 Å². The van der Waals surface area contributed by atoms with Gasteiger partial charge in [0, 0.05) is 30.3 Å². The second kappa shape index (κ2) is 7.80. The van der Waals surface area contributed by atoms with Crippen LogP contribution in [0.3, 0.4) is 0 Å². The standard InChI is InChI=1S/C21H22FN9OS/c1-11-7-18(33-29-11)25-19(32)15-8-13(22)10-31(15)21-24-17-3-2-6-30(17)20(26-21)23-16-9-14(27-28-16)12-4-5-12/h2-3,6-7,9,12-13,15H,4-5,8,10H2,1H3,(H,25,32)(H2,23,24,26,27,28).